The topological polar surface area (TPSA) is 95.9 Å². The molecule has 2 aromatic carbocycles. The number of carboxylic acid groups (broad SMARTS) is 1. The SMILES string of the molecule is CC(C)(C)CC(CC(=O)N1CCC[C@H]1C(=O)O)NC(=O)OCC1c2ccccc2-c2ccccc21. The fourth-order valence-corrected chi connectivity index (χ4v) is 5.37. The number of ether oxygens (including phenoxy) is 1. The van der Waals surface area contributed by atoms with Crippen molar-refractivity contribution in [2.75, 3.05) is 13.2 Å². The lowest BCUT2D eigenvalue weighted by Crippen LogP contribution is -2.45. The van der Waals surface area contributed by atoms with Crippen molar-refractivity contribution < 1.29 is 24.2 Å². The number of carboxylic acids is 1. The number of carbonyl (C=O) groups excluding carboxylic acids is 2. The molecular formula is C28H34N2O5. The van der Waals surface area contributed by atoms with E-state index in [1.165, 1.54) is 4.90 Å². The number of carbonyl (C=O) groups is 3. The molecule has 4 rings (SSSR count). The lowest BCUT2D eigenvalue weighted by atomic mass is 9.87. The van der Waals surface area contributed by atoms with Crippen LogP contribution in [0.2, 0.25) is 0 Å². The Kier molecular flexibility index (Phi) is 7.15. The van der Waals surface area contributed by atoms with Gasteiger partial charge in [0.25, 0.3) is 0 Å². The Bertz CT molecular complexity index is 1060. The Morgan fingerprint density at radius 3 is 2.23 bits per heavy atom. The Morgan fingerprint density at radius 2 is 1.66 bits per heavy atom. The summed E-state index contributed by atoms with van der Waals surface area (Å²) in [5.74, 6) is -1.27. The van der Waals surface area contributed by atoms with Crippen LogP contribution < -0.4 is 5.32 Å². The van der Waals surface area contributed by atoms with Gasteiger partial charge in [-0.1, -0.05) is 69.3 Å². The van der Waals surface area contributed by atoms with Crippen molar-refractivity contribution in [3.05, 3.63) is 59.7 Å². The van der Waals surface area contributed by atoms with Gasteiger partial charge in [0.05, 0.1) is 0 Å². The molecule has 7 heteroatoms. The maximum absolute atomic E-state index is 13.0. The molecule has 0 aromatic heterocycles. The molecular weight excluding hydrogens is 444 g/mol. The van der Waals surface area contributed by atoms with Crippen LogP contribution in [0.4, 0.5) is 4.79 Å². The highest BCUT2D eigenvalue weighted by atomic mass is 16.5. The van der Waals surface area contributed by atoms with Crippen molar-refractivity contribution in [1.29, 1.82) is 0 Å². The van der Waals surface area contributed by atoms with Crippen LogP contribution in [0.15, 0.2) is 48.5 Å². The first-order valence-corrected chi connectivity index (χ1v) is 12.3. The second kappa shape index (κ2) is 10.1. The first-order valence-electron chi connectivity index (χ1n) is 12.3. The summed E-state index contributed by atoms with van der Waals surface area (Å²) in [6.45, 7) is 6.76. The molecule has 0 spiro atoms. The molecule has 186 valence electrons. The highest BCUT2D eigenvalue weighted by Gasteiger charge is 2.36. The van der Waals surface area contributed by atoms with Gasteiger partial charge in [-0.25, -0.2) is 9.59 Å². The quantitative estimate of drug-likeness (QED) is 0.596. The predicted octanol–water partition coefficient (Wildman–Crippen LogP) is 4.80. The van der Waals surface area contributed by atoms with Crippen LogP contribution >= 0.6 is 0 Å². The lowest BCUT2D eigenvalue weighted by Gasteiger charge is -2.29. The van der Waals surface area contributed by atoms with Gasteiger partial charge in [0.15, 0.2) is 0 Å². The molecule has 0 radical (unpaired) electrons. The molecule has 1 aliphatic carbocycles. The van der Waals surface area contributed by atoms with E-state index >= 15 is 0 Å². The summed E-state index contributed by atoms with van der Waals surface area (Å²) in [6, 6.07) is 15.1. The molecule has 0 bridgehead atoms. The van der Waals surface area contributed by atoms with E-state index in [-0.39, 0.29) is 30.3 Å². The highest BCUT2D eigenvalue weighted by Crippen LogP contribution is 2.44. The van der Waals surface area contributed by atoms with Crippen molar-refractivity contribution in [1.82, 2.24) is 10.2 Å². The molecule has 1 fully saturated rings. The Morgan fingerprint density at radius 1 is 1.06 bits per heavy atom. The molecule has 1 unspecified atom stereocenters. The van der Waals surface area contributed by atoms with Gasteiger partial charge < -0.3 is 20.1 Å². The summed E-state index contributed by atoms with van der Waals surface area (Å²) >= 11 is 0. The molecule has 2 aliphatic rings. The van der Waals surface area contributed by atoms with Gasteiger partial charge in [-0.15, -0.1) is 0 Å². The number of likely N-dealkylation sites (tertiary alicyclic amines) is 1. The molecule has 1 heterocycles. The van der Waals surface area contributed by atoms with Crippen LogP contribution in [0.1, 0.15) is 63.5 Å². The van der Waals surface area contributed by atoms with E-state index in [2.05, 4.69) is 29.6 Å². The van der Waals surface area contributed by atoms with E-state index in [9.17, 15) is 19.5 Å². The van der Waals surface area contributed by atoms with E-state index < -0.39 is 24.1 Å². The van der Waals surface area contributed by atoms with E-state index in [4.69, 9.17) is 4.74 Å². The summed E-state index contributed by atoms with van der Waals surface area (Å²) in [5.41, 5.74) is 4.45. The standard InChI is InChI=1S/C28H34N2O5/c1-28(2,3)16-18(15-25(31)30-14-8-13-24(30)26(32)33)29-27(34)35-17-23-21-11-6-4-9-19(21)20-10-5-7-12-22(20)23/h4-7,9-12,18,23-24H,8,13-17H2,1-3H3,(H,29,34)(H,32,33)/t18?,24-/m0/s1. The van der Waals surface area contributed by atoms with E-state index in [0.717, 1.165) is 22.3 Å². The van der Waals surface area contributed by atoms with Gasteiger partial charge in [0.2, 0.25) is 5.91 Å². The third-order valence-corrected chi connectivity index (χ3v) is 6.80. The average Bonchev–Trinajstić information content (AvgIpc) is 3.40. The largest absolute Gasteiger partial charge is 0.480 e. The maximum Gasteiger partial charge on any atom is 0.407 e. The van der Waals surface area contributed by atoms with E-state index in [1.54, 1.807) is 0 Å². The Hall–Kier alpha value is -3.35. The van der Waals surface area contributed by atoms with Crippen LogP contribution in [0.3, 0.4) is 0 Å². The number of aliphatic carboxylic acids is 1. The summed E-state index contributed by atoms with van der Waals surface area (Å²) in [6.07, 6.45) is 1.18. The van der Waals surface area contributed by atoms with Gasteiger partial charge in [0, 0.05) is 24.9 Å². The number of hydrogen-bond donors (Lipinski definition) is 2. The molecule has 1 saturated heterocycles. The second-order valence-electron chi connectivity index (χ2n) is 10.7. The van der Waals surface area contributed by atoms with Gasteiger partial charge >= 0.3 is 12.1 Å². The van der Waals surface area contributed by atoms with Crippen molar-refractivity contribution in [2.24, 2.45) is 5.41 Å². The molecule has 7 nitrogen and oxygen atoms in total. The number of rotatable bonds is 7. The van der Waals surface area contributed by atoms with Crippen molar-refractivity contribution >= 4 is 18.0 Å². The van der Waals surface area contributed by atoms with Crippen LogP contribution in [-0.4, -0.2) is 53.2 Å². The average molecular weight is 479 g/mol. The lowest BCUT2D eigenvalue weighted by molar-refractivity contribution is -0.148. The van der Waals surface area contributed by atoms with Crippen molar-refractivity contribution in [3.8, 4) is 11.1 Å². The second-order valence-corrected chi connectivity index (χ2v) is 10.7. The zero-order valence-electron chi connectivity index (χ0n) is 20.6. The molecule has 0 saturated carbocycles. The Balaban J connectivity index is 1.41. The van der Waals surface area contributed by atoms with Gasteiger partial charge in [-0.05, 0) is 46.9 Å². The normalized spacial score (nSPS) is 18.0. The molecule has 2 N–H and O–H groups in total. The number of nitrogens with one attached hydrogen (secondary N) is 1. The van der Waals surface area contributed by atoms with Crippen LogP contribution in [0, 0.1) is 5.41 Å². The van der Waals surface area contributed by atoms with E-state index in [0.29, 0.717) is 25.8 Å². The first-order chi connectivity index (χ1) is 16.6. The molecule has 35 heavy (non-hydrogen) atoms. The summed E-state index contributed by atoms with van der Waals surface area (Å²) < 4.78 is 5.68. The predicted molar refractivity (Wildman–Crippen MR) is 133 cm³/mol. The Labute approximate surface area is 206 Å². The minimum atomic E-state index is -0.979. The first kappa shape index (κ1) is 24.8. The summed E-state index contributed by atoms with van der Waals surface area (Å²) in [7, 11) is 0. The third-order valence-electron chi connectivity index (χ3n) is 6.80. The number of nitrogens with zero attached hydrogens (tertiary/aromatic N) is 1. The van der Waals surface area contributed by atoms with Crippen LogP contribution in [0.5, 0.6) is 0 Å². The van der Waals surface area contributed by atoms with Gasteiger partial charge in [0.1, 0.15) is 12.6 Å². The van der Waals surface area contributed by atoms with Crippen LogP contribution in [0.25, 0.3) is 11.1 Å². The monoisotopic (exact) mass is 478 g/mol. The third kappa shape index (κ3) is 5.66. The molecule has 2 aromatic rings. The van der Waals surface area contributed by atoms with Crippen molar-refractivity contribution in [2.45, 2.75) is 64.5 Å². The fourth-order valence-electron chi connectivity index (χ4n) is 5.37. The maximum atomic E-state index is 13.0. The molecule has 1 aliphatic heterocycles. The summed E-state index contributed by atoms with van der Waals surface area (Å²) in [4.78, 5) is 38.7. The summed E-state index contributed by atoms with van der Waals surface area (Å²) in [5, 5.41) is 12.3. The number of benzene rings is 2. The van der Waals surface area contributed by atoms with Crippen molar-refractivity contribution in [3.63, 3.8) is 0 Å². The number of alkyl carbamates (subject to hydrolysis) is 1. The van der Waals surface area contributed by atoms with E-state index in [1.807, 2.05) is 45.0 Å². The molecule has 2 amide bonds. The van der Waals surface area contributed by atoms with Crippen LogP contribution in [-0.2, 0) is 14.3 Å². The number of hydrogen-bond acceptors (Lipinski definition) is 4. The molecule has 2 atom stereocenters. The van der Waals surface area contributed by atoms with Gasteiger partial charge in [-0.2, -0.15) is 0 Å². The highest BCUT2D eigenvalue weighted by molar-refractivity contribution is 5.85. The zero-order valence-corrected chi connectivity index (χ0v) is 20.6. The number of amides is 2. The smallest absolute Gasteiger partial charge is 0.407 e. The fraction of sp³-hybridized carbons (Fsp3) is 0.464. The minimum Gasteiger partial charge on any atom is -0.480 e. The van der Waals surface area contributed by atoms with Gasteiger partial charge in [-0.3, -0.25) is 4.79 Å². The zero-order chi connectivity index (χ0) is 25.2. The minimum absolute atomic E-state index is 0.0447. The number of fused-ring (bicyclic) bond motifs is 3.